The number of halogens is 2. The molecule has 0 radical (unpaired) electrons. The Labute approximate surface area is 96.2 Å². The van der Waals surface area contributed by atoms with Crippen LogP contribution in [0.2, 0.25) is 0 Å². The van der Waals surface area contributed by atoms with Crippen molar-refractivity contribution in [3.05, 3.63) is 28.5 Å². The smallest absolute Gasteiger partial charge is 0.149 e. The molecule has 0 heterocycles. The zero-order chi connectivity index (χ0) is 11.1. The summed E-state index contributed by atoms with van der Waals surface area (Å²) in [5, 5.41) is 8.46. The first-order valence-corrected chi connectivity index (χ1v) is 5.18. The van der Waals surface area contributed by atoms with Gasteiger partial charge in [-0.05, 0) is 34.1 Å². The van der Waals surface area contributed by atoms with Crippen molar-refractivity contribution >= 4 is 15.9 Å². The van der Waals surface area contributed by atoms with Crippen molar-refractivity contribution in [3.63, 3.8) is 0 Å². The molecule has 4 heteroatoms. The van der Waals surface area contributed by atoms with Crippen LogP contribution in [0.25, 0.3) is 0 Å². The van der Waals surface area contributed by atoms with E-state index < -0.39 is 0 Å². The molecule has 1 N–H and O–H groups in total. The lowest BCUT2D eigenvalue weighted by Crippen LogP contribution is -1.95. The molecule has 0 aliphatic rings. The Morgan fingerprint density at radius 3 is 2.87 bits per heavy atom. The second-order valence-corrected chi connectivity index (χ2v) is 3.54. The minimum Gasteiger partial charge on any atom is -0.480 e. The van der Waals surface area contributed by atoms with E-state index >= 15 is 0 Å². The first-order chi connectivity index (χ1) is 7.24. The second-order valence-electron chi connectivity index (χ2n) is 2.69. The molecule has 15 heavy (non-hydrogen) atoms. The monoisotopic (exact) mass is 272 g/mol. The van der Waals surface area contributed by atoms with Gasteiger partial charge in [0, 0.05) is 6.42 Å². The summed E-state index contributed by atoms with van der Waals surface area (Å²) >= 11 is 3.18. The van der Waals surface area contributed by atoms with E-state index in [9.17, 15) is 4.39 Å². The zero-order valence-electron chi connectivity index (χ0n) is 7.96. The molecule has 0 atom stereocenters. The van der Waals surface area contributed by atoms with Gasteiger partial charge in [-0.1, -0.05) is 11.8 Å². The number of hydrogen-bond donors (Lipinski definition) is 1. The highest BCUT2D eigenvalue weighted by Crippen LogP contribution is 2.25. The van der Waals surface area contributed by atoms with Gasteiger partial charge in [0.25, 0.3) is 0 Å². The van der Waals surface area contributed by atoms with Crippen molar-refractivity contribution in [1.82, 2.24) is 0 Å². The predicted molar refractivity (Wildman–Crippen MR) is 59.1 cm³/mol. The summed E-state index contributed by atoms with van der Waals surface area (Å²) in [6.07, 6.45) is 0.438. The average Bonchev–Trinajstić information content (AvgIpc) is 2.20. The predicted octanol–water partition coefficient (Wildman–Crippen LogP) is 2.35. The maximum atomic E-state index is 12.7. The van der Waals surface area contributed by atoms with E-state index in [1.165, 1.54) is 18.2 Å². The van der Waals surface area contributed by atoms with Gasteiger partial charge in [-0.3, -0.25) is 0 Å². The Hall–Kier alpha value is -1.05. The fourth-order valence-electron chi connectivity index (χ4n) is 0.901. The van der Waals surface area contributed by atoms with Crippen LogP contribution in [0.1, 0.15) is 6.42 Å². The number of aliphatic hydroxyl groups is 1. The SMILES string of the molecule is OCCC#CCOc1ccc(F)cc1Br. The van der Waals surface area contributed by atoms with Crippen molar-refractivity contribution in [1.29, 1.82) is 0 Å². The highest BCUT2D eigenvalue weighted by molar-refractivity contribution is 9.10. The third-order valence-corrected chi connectivity index (χ3v) is 2.18. The third kappa shape index (κ3) is 4.32. The van der Waals surface area contributed by atoms with E-state index in [0.29, 0.717) is 16.6 Å². The molecule has 80 valence electrons. The number of hydrogen-bond acceptors (Lipinski definition) is 2. The molecule has 0 aliphatic carbocycles. The Kier molecular flexibility index (Phi) is 5.16. The van der Waals surface area contributed by atoms with Gasteiger partial charge < -0.3 is 9.84 Å². The Bertz CT molecular complexity index is 382. The highest BCUT2D eigenvalue weighted by Gasteiger charge is 2.00. The quantitative estimate of drug-likeness (QED) is 0.857. The molecule has 0 saturated heterocycles. The third-order valence-electron chi connectivity index (χ3n) is 1.56. The van der Waals surface area contributed by atoms with Crippen molar-refractivity contribution in [2.75, 3.05) is 13.2 Å². The van der Waals surface area contributed by atoms with Crippen LogP contribution in [-0.2, 0) is 0 Å². The minimum atomic E-state index is -0.319. The molecule has 1 aromatic carbocycles. The van der Waals surface area contributed by atoms with Crippen molar-refractivity contribution in [2.24, 2.45) is 0 Å². The van der Waals surface area contributed by atoms with E-state index in [0.717, 1.165) is 0 Å². The van der Waals surface area contributed by atoms with E-state index in [4.69, 9.17) is 9.84 Å². The Morgan fingerprint density at radius 2 is 2.20 bits per heavy atom. The van der Waals surface area contributed by atoms with Crippen molar-refractivity contribution in [2.45, 2.75) is 6.42 Å². The van der Waals surface area contributed by atoms with Crippen LogP contribution >= 0.6 is 15.9 Å². The molecule has 0 aromatic heterocycles. The van der Waals surface area contributed by atoms with Gasteiger partial charge in [-0.2, -0.15) is 0 Å². The second kappa shape index (κ2) is 6.44. The molecular formula is C11H10BrFO2. The first kappa shape index (κ1) is 12.0. The lowest BCUT2D eigenvalue weighted by molar-refractivity contribution is 0.305. The molecule has 1 aromatic rings. The van der Waals surface area contributed by atoms with Crippen molar-refractivity contribution in [3.8, 4) is 17.6 Å². The van der Waals surface area contributed by atoms with Crippen LogP contribution in [0.15, 0.2) is 22.7 Å². The van der Waals surface area contributed by atoms with Gasteiger partial charge in [-0.25, -0.2) is 4.39 Å². The number of ether oxygens (including phenoxy) is 1. The van der Waals surface area contributed by atoms with Crippen LogP contribution in [0, 0.1) is 17.7 Å². The summed E-state index contributed by atoms with van der Waals surface area (Å²) in [4.78, 5) is 0. The summed E-state index contributed by atoms with van der Waals surface area (Å²) in [6.45, 7) is 0.275. The molecule has 0 spiro atoms. The lowest BCUT2D eigenvalue weighted by atomic mass is 10.3. The van der Waals surface area contributed by atoms with E-state index in [1.807, 2.05) is 0 Å². The summed E-state index contributed by atoms with van der Waals surface area (Å²) in [6, 6.07) is 4.19. The van der Waals surface area contributed by atoms with Crippen LogP contribution in [0.3, 0.4) is 0 Å². The maximum absolute atomic E-state index is 12.7. The summed E-state index contributed by atoms with van der Waals surface area (Å²) in [5.41, 5.74) is 0. The summed E-state index contributed by atoms with van der Waals surface area (Å²) in [5.74, 6) is 5.68. The Balaban J connectivity index is 2.48. The standard InChI is InChI=1S/C11H10BrFO2/c12-10-8-9(13)4-5-11(10)15-7-3-1-2-6-14/h4-5,8,14H,2,6-7H2. The molecule has 0 saturated carbocycles. The highest BCUT2D eigenvalue weighted by atomic mass is 79.9. The average molecular weight is 273 g/mol. The van der Waals surface area contributed by atoms with Crippen LogP contribution in [-0.4, -0.2) is 18.3 Å². The maximum Gasteiger partial charge on any atom is 0.149 e. The van der Waals surface area contributed by atoms with Gasteiger partial charge in [0.05, 0.1) is 11.1 Å². The first-order valence-electron chi connectivity index (χ1n) is 4.38. The zero-order valence-corrected chi connectivity index (χ0v) is 9.55. The lowest BCUT2D eigenvalue weighted by Gasteiger charge is -2.03. The van der Waals surface area contributed by atoms with Crippen LogP contribution < -0.4 is 4.74 Å². The van der Waals surface area contributed by atoms with E-state index in [1.54, 1.807) is 0 Å². The summed E-state index contributed by atoms with van der Waals surface area (Å²) in [7, 11) is 0. The number of rotatable bonds is 3. The molecule has 0 unspecified atom stereocenters. The molecule has 0 bridgehead atoms. The molecule has 2 nitrogen and oxygen atoms in total. The topological polar surface area (TPSA) is 29.5 Å². The van der Waals surface area contributed by atoms with Crippen LogP contribution in [0.4, 0.5) is 4.39 Å². The van der Waals surface area contributed by atoms with Gasteiger partial charge in [-0.15, -0.1) is 0 Å². The number of aliphatic hydroxyl groups excluding tert-OH is 1. The molecule has 1 rings (SSSR count). The summed E-state index contributed by atoms with van der Waals surface area (Å²) < 4.78 is 18.5. The molecule has 0 fully saturated rings. The van der Waals surface area contributed by atoms with Crippen LogP contribution in [0.5, 0.6) is 5.75 Å². The minimum absolute atomic E-state index is 0.0489. The van der Waals surface area contributed by atoms with Gasteiger partial charge in [0.1, 0.15) is 18.2 Å². The normalized spacial score (nSPS) is 9.27. The van der Waals surface area contributed by atoms with Gasteiger partial charge in [0.15, 0.2) is 0 Å². The van der Waals surface area contributed by atoms with E-state index in [-0.39, 0.29) is 19.0 Å². The van der Waals surface area contributed by atoms with E-state index in [2.05, 4.69) is 27.8 Å². The molecule has 0 aliphatic heterocycles. The fourth-order valence-corrected chi connectivity index (χ4v) is 1.37. The molecular weight excluding hydrogens is 263 g/mol. The Morgan fingerprint density at radius 1 is 1.40 bits per heavy atom. The largest absolute Gasteiger partial charge is 0.480 e. The van der Waals surface area contributed by atoms with Gasteiger partial charge in [0.2, 0.25) is 0 Å². The number of benzene rings is 1. The van der Waals surface area contributed by atoms with Crippen molar-refractivity contribution < 1.29 is 14.2 Å². The molecule has 0 amide bonds. The fraction of sp³-hybridized carbons (Fsp3) is 0.273. The van der Waals surface area contributed by atoms with Gasteiger partial charge >= 0.3 is 0 Å².